The molecule has 2 amide bonds. The van der Waals surface area contributed by atoms with Crippen molar-refractivity contribution in [3.8, 4) is 0 Å². The van der Waals surface area contributed by atoms with Gasteiger partial charge in [-0.3, -0.25) is 14.5 Å². The molecule has 1 saturated heterocycles. The molecule has 1 aromatic carbocycles. The standard InChI is InChI=1S/C16H24N4O2/c1-2-18-14(21)12-19-8-10-20(11-9-19)16(22)15(17)13-6-4-3-5-7-13/h3-7,15H,2,8-12,17H2,1H3,(H,18,21). The summed E-state index contributed by atoms with van der Waals surface area (Å²) >= 11 is 0. The zero-order valence-corrected chi connectivity index (χ0v) is 13.0. The number of carbonyl (C=O) groups excluding carboxylic acids is 2. The molecule has 0 bridgehead atoms. The Morgan fingerprint density at radius 2 is 1.82 bits per heavy atom. The van der Waals surface area contributed by atoms with E-state index in [0.717, 1.165) is 5.56 Å². The van der Waals surface area contributed by atoms with Gasteiger partial charge in [-0.15, -0.1) is 0 Å². The fourth-order valence-electron chi connectivity index (χ4n) is 2.58. The molecule has 0 aliphatic carbocycles. The monoisotopic (exact) mass is 304 g/mol. The number of carbonyl (C=O) groups is 2. The second kappa shape index (κ2) is 7.91. The predicted molar refractivity (Wildman–Crippen MR) is 85.1 cm³/mol. The van der Waals surface area contributed by atoms with Crippen LogP contribution >= 0.6 is 0 Å². The van der Waals surface area contributed by atoms with Gasteiger partial charge in [0.2, 0.25) is 11.8 Å². The number of nitrogens with zero attached hydrogens (tertiary/aromatic N) is 2. The fourth-order valence-corrected chi connectivity index (χ4v) is 2.58. The molecule has 2 rings (SSSR count). The Morgan fingerprint density at radius 1 is 1.18 bits per heavy atom. The molecule has 1 heterocycles. The molecule has 1 fully saturated rings. The maximum Gasteiger partial charge on any atom is 0.244 e. The number of hydrogen-bond acceptors (Lipinski definition) is 4. The third kappa shape index (κ3) is 4.29. The molecule has 22 heavy (non-hydrogen) atoms. The summed E-state index contributed by atoms with van der Waals surface area (Å²) in [6.45, 7) is 5.55. The fraction of sp³-hybridized carbons (Fsp3) is 0.500. The van der Waals surface area contributed by atoms with Crippen LogP contribution < -0.4 is 11.1 Å². The zero-order chi connectivity index (χ0) is 15.9. The van der Waals surface area contributed by atoms with Crippen LogP contribution in [-0.2, 0) is 9.59 Å². The van der Waals surface area contributed by atoms with Gasteiger partial charge in [-0.2, -0.15) is 0 Å². The smallest absolute Gasteiger partial charge is 0.244 e. The summed E-state index contributed by atoms with van der Waals surface area (Å²) in [5, 5.41) is 2.79. The molecular formula is C16H24N4O2. The minimum atomic E-state index is -0.615. The quantitative estimate of drug-likeness (QED) is 0.800. The molecule has 1 atom stereocenters. The first kappa shape index (κ1) is 16.5. The maximum atomic E-state index is 12.4. The molecule has 1 unspecified atom stereocenters. The highest BCUT2D eigenvalue weighted by Gasteiger charge is 2.26. The van der Waals surface area contributed by atoms with Crippen LogP contribution in [0.2, 0.25) is 0 Å². The van der Waals surface area contributed by atoms with E-state index in [1.807, 2.05) is 37.3 Å². The lowest BCUT2D eigenvalue weighted by Gasteiger charge is -2.35. The molecule has 6 nitrogen and oxygen atoms in total. The van der Waals surface area contributed by atoms with E-state index in [-0.39, 0.29) is 11.8 Å². The summed E-state index contributed by atoms with van der Waals surface area (Å²) in [5.74, 6) is -0.0212. The summed E-state index contributed by atoms with van der Waals surface area (Å²) in [7, 11) is 0. The number of amides is 2. The van der Waals surface area contributed by atoms with Crippen molar-refractivity contribution in [1.82, 2.24) is 15.1 Å². The van der Waals surface area contributed by atoms with E-state index < -0.39 is 6.04 Å². The first-order valence-electron chi connectivity index (χ1n) is 7.70. The molecule has 0 aromatic heterocycles. The number of nitrogens with one attached hydrogen (secondary N) is 1. The van der Waals surface area contributed by atoms with Crippen LogP contribution in [0.5, 0.6) is 0 Å². The highest BCUT2D eigenvalue weighted by molar-refractivity contribution is 5.83. The van der Waals surface area contributed by atoms with Gasteiger partial charge in [0.1, 0.15) is 6.04 Å². The Kier molecular flexibility index (Phi) is 5.91. The normalized spacial score (nSPS) is 17.1. The lowest BCUT2D eigenvalue weighted by Crippen LogP contribution is -2.52. The zero-order valence-electron chi connectivity index (χ0n) is 13.0. The van der Waals surface area contributed by atoms with Crippen LogP contribution in [0.3, 0.4) is 0 Å². The van der Waals surface area contributed by atoms with E-state index in [9.17, 15) is 9.59 Å². The molecule has 1 aliphatic heterocycles. The summed E-state index contributed by atoms with van der Waals surface area (Å²) < 4.78 is 0. The van der Waals surface area contributed by atoms with Crippen molar-refractivity contribution < 1.29 is 9.59 Å². The second-order valence-electron chi connectivity index (χ2n) is 5.44. The number of benzene rings is 1. The lowest BCUT2D eigenvalue weighted by molar-refractivity contribution is -0.134. The van der Waals surface area contributed by atoms with Gasteiger partial charge in [0.15, 0.2) is 0 Å². The molecule has 0 saturated carbocycles. The molecule has 6 heteroatoms. The average molecular weight is 304 g/mol. The van der Waals surface area contributed by atoms with Gasteiger partial charge in [0, 0.05) is 32.7 Å². The SMILES string of the molecule is CCNC(=O)CN1CCN(C(=O)C(N)c2ccccc2)CC1. The molecule has 120 valence electrons. The number of hydrogen-bond donors (Lipinski definition) is 2. The molecule has 3 N–H and O–H groups in total. The minimum Gasteiger partial charge on any atom is -0.355 e. The van der Waals surface area contributed by atoms with Crippen LogP contribution in [0.1, 0.15) is 18.5 Å². The van der Waals surface area contributed by atoms with E-state index in [1.54, 1.807) is 4.90 Å². The molecule has 0 radical (unpaired) electrons. The van der Waals surface area contributed by atoms with Crippen LogP contribution in [0, 0.1) is 0 Å². The summed E-state index contributed by atoms with van der Waals surface area (Å²) in [5.41, 5.74) is 6.89. The highest BCUT2D eigenvalue weighted by Crippen LogP contribution is 2.14. The van der Waals surface area contributed by atoms with Gasteiger partial charge in [0.25, 0.3) is 0 Å². The first-order chi connectivity index (χ1) is 10.6. The Hall–Kier alpha value is -1.92. The van der Waals surface area contributed by atoms with Crippen molar-refractivity contribution in [2.45, 2.75) is 13.0 Å². The molecule has 1 aliphatic rings. The Balaban J connectivity index is 1.83. The maximum absolute atomic E-state index is 12.4. The average Bonchev–Trinajstić information content (AvgIpc) is 2.55. The predicted octanol–water partition coefficient (Wildman–Crippen LogP) is -0.0333. The van der Waals surface area contributed by atoms with Crippen LogP contribution in [0.25, 0.3) is 0 Å². The van der Waals surface area contributed by atoms with E-state index in [4.69, 9.17) is 5.73 Å². The van der Waals surface area contributed by atoms with Crippen LogP contribution in [0.4, 0.5) is 0 Å². The molecule has 0 spiro atoms. The van der Waals surface area contributed by atoms with Gasteiger partial charge >= 0.3 is 0 Å². The summed E-state index contributed by atoms with van der Waals surface area (Å²) in [6.07, 6.45) is 0. The van der Waals surface area contributed by atoms with Crippen molar-refractivity contribution in [2.75, 3.05) is 39.3 Å². The van der Waals surface area contributed by atoms with Crippen molar-refractivity contribution in [1.29, 1.82) is 0 Å². The first-order valence-corrected chi connectivity index (χ1v) is 7.70. The van der Waals surface area contributed by atoms with E-state index in [2.05, 4.69) is 10.2 Å². The summed E-state index contributed by atoms with van der Waals surface area (Å²) in [4.78, 5) is 27.8. The Morgan fingerprint density at radius 3 is 2.41 bits per heavy atom. The number of piperazine rings is 1. The van der Waals surface area contributed by atoms with Crippen molar-refractivity contribution >= 4 is 11.8 Å². The van der Waals surface area contributed by atoms with E-state index in [0.29, 0.717) is 39.3 Å². The number of rotatable bonds is 5. The van der Waals surface area contributed by atoms with Crippen LogP contribution in [0.15, 0.2) is 30.3 Å². The lowest BCUT2D eigenvalue weighted by atomic mass is 10.1. The van der Waals surface area contributed by atoms with Gasteiger partial charge in [0.05, 0.1) is 6.54 Å². The largest absolute Gasteiger partial charge is 0.355 e. The van der Waals surface area contributed by atoms with Gasteiger partial charge < -0.3 is 16.0 Å². The second-order valence-corrected chi connectivity index (χ2v) is 5.44. The highest BCUT2D eigenvalue weighted by atomic mass is 16.2. The third-order valence-corrected chi connectivity index (χ3v) is 3.85. The van der Waals surface area contributed by atoms with Crippen molar-refractivity contribution in [3.05, 3.63) is 35.9 Å². The van der Waals surface area contributed by atoms with Crippen molar-refractivity contribution in [2.24, 2.45) is 5.73 Å². The number of likely N-dealkylation sites (N-methyl/N-ethyl adjacent to an activating group) is 1. The Labute approximate surface area is 131 Å². The van der Waals surface area contributed by atoms with Crippen LogP contribution in [-0.4, -0.2) is 60.9 Å². The van der Waals surface area contributed by atoms with Gasteiger partial charge in [-0.1, -0.05) is 30.3 Å². The molecule has 1 aromatic rings. The number of nitrogens with two attached hydrogens (primary N) is 1. The summed E-state index contributed by atoms with van der Waals surface area (Å²) in [6, 6.07) is 8.79. The topological polar surface area (TPSA) is 78.7 Å². The van der Waals surface area contributed by atoms with E-state index >= 15 is 0 Å². The van der Waals surface area contributed by atoms with E-state index in [1.165, 1.54) is 0 Å². The van der Waals surface area contributed by atoms with Gasteiger partial charge in [-0.05, 0) is 12.5 Å². The van der Waals surface area contributed by atoms with Crippen molar-refractivity contribution in [3.63, 3.8) is 0 Å². The Bertz CT molecular complexity index is 498. The van der Waals surface area contributed by atoms with Gasteiger partial charge in [-0.25, -0.2) is 0 Å². The third-order valence-electron chi connectivity index (χ3n) is 3.85. The minimum absolute atomic E-state index is 0.0308. The molecular weight excluding hydrogens is 280 g/mol.